The van der Waals surface area contributed by atoms with Crippen molar-refractivity contribution in [3.8, 4) is 0 Å². The highest BCUT2D eigenvalue weighted by molar-refractivity contribution is 5.92. The van der Waals surface area contributed by atoms with Crippen LogP contribution in [0.2, 0.25) is 0 Å². The molecule has 156 valence electrons. The second-order valence-corrected chi connectivity index (χ2v) is 8.23. The maximum atomic E-state index is 13.1. The third-order valence-corrected chi connectivity index (χ3v) is 6.05. The van der Waals surface area contributed by atoms with Crippen LogP contribution < -0.4 is 5.56 Å². The molecular formula is C21H29N5O3. The summed E-state index contributed by atoms with van der Waals surface area (Å²) in [4.78, 5) is 37.8. The van der Waals surface area contributed by atoms with Crippen molar-refractivity contribution >= 4 is 5.91 Å². The van der Waals surface area contributed by atoms with Crippen LogP contribution in [0, 0.1) is 0 Å². The third-order valence-electron chi connectivity index (χ3n) is 6.05. The van der Waals surface area contributed by atoms with Gasteiger partial charge in [0, 0.05) is 44.6 Å². The number of H-pyrrole nitrogens is 1. The van der Waals surface area contributed by atoms with E-state index in [0.717, 1.165) is 43.5 Å². The van der Waals surface area contributed by atoms with Gasteiger partial charge in [-0.15, -0.1) is 0 Å². The monoisotopic (exact) mass is 399 g/mol. The molecular weight excluding hydrogens is 370 g/mol. The Morgan fingerprint density at radius 3 is 2.90 bits per heavy atom. The van der Waals surface area contributed by atoms with Crippen molar-refractivity contribution in [3.63, 3.8) is 0 Å². The van der Waals surface area contributed by atoms with Gasteiger partial charge in [0.1, 0.15) is 11.6 Å². The van der Waals surface area contributed by atoms with Crippen LogP contribution in [0.5, 0.6) is 0 Å². The number of carbonyl (C=O) groups is 1. The molecule has 0 spiro atoms. The zero-order valence-electron chi connectivity index (χ0n) is 17.4. The van der Waals surface area contributed by atoms with Crippen LogP contribution >= 0.6 is 0 Å². The van der Waals surface area contributed by atoms with Crippen LogP contribution in [-0.2, 0) is 19.4 Å². The third kappa shape index (κ3) is 3.85. The molecule has 8 nitrogen and oxygen atoms in total. The molecule has 1 fully saturated rings. The molecule has 2 aromatic rings. The molecule has 2 aromatic heterocycles. The molecule has 1 atom stereocenters. The summed E-state index contributed by atoms with van der Waals surface area (Å²) in [5.74, 6) is 1.13. The number of carbonyl (C=O) groups excluding carboxylic acids is 1. The van der Waals surface area contributed by atoms with Crippen molar-refractivity contribution in [1.82, 2.24) is 24.9 Å². The minimum absolute atomic E-state index is 0.0805. The van der Waals surface area contributed by atoms with E-state index >= 15 is 0 Å². The second kappa shape index (κ2) is 8.10. The first-order valence-corrected chi connectivity index (χ1v) is 10.6. The van der Waals surface area contributed by atoms with Crippen molar-refractivity contribution in [3.05, 3.63) is 45.0 Å². The predicted octanol–water partition coefficient (Wildman–Crippen LogP) is 2.45. The lowest BCUT2D eigenvalue weighted by Gasteiger charge is -2.35. The summed E-state index contributed by atoms with van der Waals surface area (Å²) < 4.78 is 5.21. The van der Waals surface area contributed by atoms with E-state index in [1.807, 2.05) is 6.92 Å². The topological polar surface area (TPSA) is 95.3 Å². The lowest BCUT2D eigenvalue weighted by Crippen LogP contribution is -2.42. The molecule has 1 saturated heterocycles. The Bertz CT molecular complexity index is 948. The Kier molecular flexibility index (Phi) is 5.54. The van der Waals surface area contributed by atoms with E-state index in [0.29, 0.717) is 42.8 Å². The van der Waals surface area contributed by atoms with Crippen LogP contribution in [0.1, 0.15) is 79.4 Å². The molecule has 4 rings (SSSR count). The molecule has 2 aliphatic rings. The lowest BCUT2D eigenvalue weighted by molar-refractivity contribution is 0.0588. The van der Waals surface area contributed by atoms with Gasteiger partial charge < -0.3 is 14.4 Å². The number of nitrogens with zero attached hydrogens (tertiary/aromatic N) is 4. The van der Waals surface area contributed by atoms with Crippen molar-refractivity contribution in [2.24, 2.45) is 0 Å². The van der Waals surface area contributed by atoms with E-state index in [4.69, 9.17) is 9.51 Å². The Morgan fingerprint density at radius 2 is 2.17 bits per heavy atom. The fraction of sp³-hybridized carbons (Fsp3) is 0.619. The lowest BCUT2D eigenvalue weighted by atomic mass is 9.99. The van der Waals surface area contributed by atoms with Gasteiger partial charge in [0.05, 0.1) is 17.3 Å². The first-order valence-electron chi connectivity index (χ1n) is 10.6. The summed E-state index contributed by atoms with van der Waals surface area (Å²) in [7, 11) is 0. The minimum Gasteiger partial charge on any atom is -0.361 e. The number of likely N-dealkylation sites (tertiary alicyclic amines) is 1. The molecule has 2 aliphatic heterocycles. The Hall–Kier alpha value is -2.48. The smallest absolute Gasteiger partial charge is 0.276 e. The number of piperidine rings is 1. The number of aromatic nitrogens is 3. The summed E-state index contributed by atoms with van der Waals surface area (Å²) in [6.07, 6.45) is 4.16. The molecule has 0 saturated carbocycles. The van der Waals surface area contributed by atoms with Crippen LogP contribution in [0.25, 0.3) is 0 Å². The average molecular weight is 399 g/mol. The van der Waals surface area contributed by atoms with E-state index in [2.05, 4.69) is 28.9 Å². The predicted molar refractivity (Wildman–Crippen MR) is 108 cm³/mol. The van der Waals surface area contributed by atoms with E-state index in [1.54, 1.807) is 11.0 Å². The first-order chi connectivity index (χ1) is 14.0. The molecule has 0 radical (unpaired) electrons. The summed E-state index contributed by atoms with van der Waals surface area (Å²) in [5.41, 5.74) is 1.87. The number of rotatable bonds is 4. The van der Waals surface area contributed by atoms with E-state index < -0.39 is 0 Å². The van der Waals surface area contributed by atoms with E-state index in [-0.39, 0.29) is 17.5 Å². The van der Waals surface area contributed by atoms with Gasteiger partial charge in [-0.25, -0.2) is 4.98 Å². The fourth-order valence-corrected chi connectivity index (χ4v) is 4.25. The zero-order valence-corrected chi connectivity index (χ0v) is 17.4. The number of aryl methyl sites for hydroxylation is 1. The number of hydrogen-bond donors (Lipinski definition) is 1. The quantitative estimate of drug-likeness (QED) is 0.849. The molecule has 4 heterocycles. The van der Waals surface area contributed by atoms with Gasteiger partial charge in [-0.2, -0.15) is 0 Å². The van der Waals surface area contributed by atoms with Crippen molar-refractivity contribution < 1.29 is 9.32 Å². The highest BCUT2D eigenvalue weighted by Gasteiger charge is 2.33. The largest absolute Gasteiger partial charge is 0.361 e. The van der Waals surface area contributed by atoms with Gasteiger partial charge >= 0.3 is 0 Å². The van der Waals surface area contributed by atoms with Gasteiger partial charge in [0.25, 0.3) is 11.5 Å². The van der Waals surface area contributed by atoms with Crippen molar-refractivity contribution in [2.45, 2.75) is 71.5 Å². The summed E-state index contributed by atoms with van der Waals surface area (Å²) in [5, 5.41) is 3.94. The Labute approximate surface area is 170 Å². The molecule has 0 aliphatic carbocycles. The highest BCUT2D eigenvalue weighted by atomic mass is 16.5. The van der Waals surface area contributed by atoms with E-state index in [1.165, 1.54) is 0 Å². The zero-order chi connectivity index (χ0) is 20.5. The number of nitrogens with one attached hydrogen (secondary N) is 1. The summed E-state index contributed by atoms with van der Waals surface area (Å²) in [6.45, 7) is 8.38. The maximum Gasteiger partial charge on any atom is 0.276 e. The SMILES string of the molecule is CCc1cc(C(=O)N2CCCC[C@@H]2c2nc3c(c(=O)[nH]2)CN(C(C)C)CC3)no1. The van der Waals surface area contributed by atoms with Crippen molar-refractivity contribution in [2.75, 3.05) is 13.1 Å². The van der Waals surface area contributed by atoms with Crippen molar-refractivity contribution in [1.29, 1.82) is 0 Å². The normalized spacial score (nSPS) is 20.1. The number of hydrogen-bond acceptors (Lipinski definition) is 6. The first kappa shape index (κ1) is 19.8. The molecule has 1 N–H and O–H groups in total. The van der Waals surface area contributed by atoms with Crippen LogP contribution in [0.4, 0.5) is 0 Å². The van der Waals surface area contributed by atoms with Gasteiger partial charge in [0.2, 0.25) is 0 Å². The number of fused-ring (bicyclic) bond motifs is 1. The van der Waals surface area contributed by atoms with Crippen LogP contribution in [-0.4, -0.2) is 50.0 Å². The van der Waals surface area contributed by atoms with Gasteiger partial charge in [-0.1, -0.05) is 12.1 Å². The summed E-state index contributed by atoms with van der Waals surface area (Å²) >= 11 is 0. The van der Waals surface area contributed by atoms with Gasteiger partial charge in [-0.3, -0.25) is 14.5 Å². The molecule has 29 heavy (non-hydrogen) atoms. The average Bonchev–Trinajstić information content (AvgIpc) is 3.22. The fourth-order valence-electron chi connectivity index (χ4n) is 4.25. The molecule has 0 aromatic carbocycles. The number of aromatic amines is 1. The second-order valence-electron chi connectivity index (χ2n) is 8.23. The summed E-state index contributed by atoms with van der Waals surface area (Å²) in [6, 6.07) is 1.86. The molecule has 0 unspecified atom stereocenters. The molecule has 0 bridgehead atoms. The highest BCUT2D eigenvalue weighted by Crippen LogP contribution is 2.30. The standard InChI is InChI=1S/C21H29N5O3/c1-4-14-11-17(24-29-14)21(28)26-9-6-5-7-18(26)19-22-16-8-10-25(13(2)3)12-15(16)20(27)23-19/h11,13,18H,4-10,12H2,1-3H3,(H,22,23,27)/t18-/m1/s1. The van der Waals surface area contributed by atoms with Crippen LogP contribution in [0.3, 0.4) is 0 Å². The molecule has 1 amide bonds. The van der Waals surface area contributed by atoms with E-state index in [9.17, 15) is 9.59 Å². The van der Waals surface area contributed by atoms with Gasteiger partial charge in [-0.05, 0) is 33.1 Å². The minimum atomic E-state index is -0.237. The number of amides is 1. The van der Waals surface area contributed by atoms with Crippen LogP contribution in [0.15, 0.2) is 15.4 Å². The Balaban J connectivity index is 1.63. The maximum absolute atomic E-state index is 13.1. The molecule has 8 heteroatoms. The Morgan fingerprint density at radius 1 is 1.34 bits per heavy atom. The van der Waals surface area contributed by atoms with Gasteiger partial charge in [0.15, 0.2) is 5.69 Å².